The van der Waals surface area contributed by atoms with Crippen molar-refractivity contribution < 1.29 is 4.39 Å². The van der Waals surface area contributed by atoms with E-state index in [1.807, 2.05) is 24.3 Å². The second-order valence-electron chi connectivity index (χ2n) is 10.7. The predicted molar refractivity (Wildman–Crippen MR) is 128 cm³/mol. The Labute approximate surface area is 192 Å². The molecule has 4 rings (SSSR count). The summed E-state index contributed by atoms with van der Waals surface area (Å²) in [4.78, 5) is 5.31. The highest BCUT2D eigenvalue weighted by molar-refractivity contribution is 6.30. The third-order valence-electron chi connectivity index (χ3n) is 7.37. The first-order valence-corrected chi connectivity index (χ1v) is 12.1. The van der Waals surface area contributed by atoms with Crippen LogP contribution in [0.15, 0.2) is 48.5 Å². The number of hydrogen-bond donors (Lipinski definition) is 0. The Morgan fingerprint density at radius 3 is 2.16 bits per heavy atom. The van der Waals surface area contributed by atoms with Crippen LogP contribution in [0, 0.1) is 23.1 Å². The topological polar surface area (TPSA) is 6.48 Å². The number of rotatable bonds is 5. The van der Waals surface area contributed by atoms with Gasteiger partial charge in [0.1, 0.15) is 5.82 Å². The summed E-state index contributed by atoms with van der Waals surface area (Å²) in [5, 5.41) is 0.805. The molecule has 0 aliphatic carbocycles. The van der Waals surface area contributed by atoms with E-state index in [0.29, 0.717) is 23.2 Å². The zero-order chi connectivity index (χ0) is 22.0. The van der Waals surface area contributed by atoms with E-state index in [9.17, 15) is 4.39 Å². The largest absolute Gasteiger partial charge is 0.303 e. The van der Waals surface area contributed by atoms with Crippen molar-refractivity contribution in [3.8, 4) is 0 Å². The van der Waals surface area contributed by atoms with Gasteiger partial charge in [-0.05, 0) is 84.5 Å². The minimum atomic E-state index is -0.140. The molecular formula is C27H36ClFN2. The van der Waals surface area contributed by atoms with E-state index >= 15 is 0 Å². The predicted octanol–water partition coefficient (Wildman–Crippen LogP) is 6.45. The van der Waals surface area contributed by atoms with Crippen LogP contribution in [0.5, 0.6) is 0 Å². The summed E-state index contributed by atoms with van der Waals surface area (Å²) in [6.45, 7) is 14.0. The van der Waals surface area contributed by atoms with E-state index < -0.39 is 0 Å². The van der Waals surface area contributed by atoms with E-state index in [2.05, 4.69) is 42.7 Å². The minimum Gasteiger partial charge on any atom is -0.303 e. The molecule has 0 aromatic heterocycles. The molecular weight excluding hydrogens is 407 g/mol. The first-order chi connectivity index (χ1) is 14.8. The van der Waals surface area contributed by atoms with Gasteiger partial charge in [-0.3, -0.25) is 4.90 Å². The molecule has 2 nitrogen and oxygen atoms in total. The van der Waals surface area contributed by atoms with E-state index in [4.69, 9.17) is 11.6 Å². The van der Waals surface area contributed by atoms with E-state index in [1.165, 1.54) is 43.6 Å². The summed E-state index contributed by atoms with van der Waals surface area (Å²) in [6.07, 6.45) is 2.35. The quantitative estimate of drug-likeness (QED) is 0.524. The highest BCUT2D eigenvalue weighted by atomic mass is 35.5. The Morgan fingerprint density at radius 1 is 0.903 bits per heavy atom. The van der Waals surface area contributed by atoms with Crippen LogP contribution < -0.4 is 0 Å². The van der Waals surface area contributed by atoms with Gasteiger partial charge in [0.15, 0.2) is 0 Å². The maximum absolute atomic E-state index is 13.2. The molecule has 0 saturated carbocycles. The average Bonchev–Trinajstić information content (AvgIpc) is 3.14. The lowest BCUT2D eigenvalue weighted by Crippen LogP contribution is -2.40. The molecule has 2 aliphatic rings. The Balaban J connectivity index is 1.35. The molecule has 0 bridgehead atoms. The van der Waals surface area contributed by atoms with E-state index in [-0.39, 0.29) is 5.82 Å². The molecule has 2 fully saturated rings. The Morgan fingerprint density at radius 2 is 1.55 bits per heavy atom. The zero-order valence-corrected chi connectivity index (χ0v) is 19.9. The van der Waals surface area contributed by atoms with Gasteiger partial charge in [0.05, 0.1) is 0 Å². The highest BCUT2D eigenvalue weighted by Crippen LogP contribution is 2.39. The molecule has 168 valence electrons. The maximum Gasteiger partial charge on any atom is 0.123 e. The van der Waals surface area contributed by atoms with Crippen LogP contribution in [0.3, 0.4) is 0 Å². The second kappa shape index (κ2) is 9.60. The van der Waals surface area contributed by atoms with Crippen LogP contribution in [0.2, 0.25) is 5.02 Å². The summed E-state index contributed by atoms with van der Waals surface area (Å²) in [7, 11) is 0. The van der Waals surface area contributed by atoms with Crippen molar-refractivity contribution in [3.05, 3.63) is 70.5 Å². The molecule has 2 aromatic rings. The van der Waals surface area contributed by atoms with Crippen LogP contribution in [0.25, 0.3) is 0 Å². The fourth-order valence-corrected chi connectivity index (χ4v) is 5.75. The molecule has 4 heteroatoms. The Kier molecular flexibility index (Phi) is 7.05. The van der Waals surface area contributed by atoms with Crippen molar-refractivity contribution in [2.45, 2.75) is 46.1 Å². The molecule has 0 N–H and O–H groups in total. The van der Waals surface area contributed by atoms with Gasteiger partial charge in [0.25, 0.3) is 0 Å². The van der Waals surface area contributed by atoms with Crippen LogP contribution in [-0.4, -0.2) is 42.5 Å². The van der Waals surface area contributed by atoms with Gasteiger partial charge in [0, 0.05) is 31.2 Å². The van der Waals surface area contributed by atoms with E-state index in [0.717, 1.165) is 24.7 Å². The van der Waals surface area contributed by atoms with Gasteiger partial charge < -0.3 is 4.90 Å². The molecule has 31 heavy (non-hydrogen) atoms. The van der Waals surface area contributed by atoms with Crippen molar-refractivity contribution in [1.29, 1.82) is 0 Å². The molecule has 2 atom stereocenters. The van der Waals surface area contributed by atoms with Gasteiger partial charge in [-0.2, -0.15) is 0 Å². The average molecular weight is 443 g/mol. The van der Waals surface area contributed by atoms with Crippen LogP contribution in [-0.2, 0) is 6.54 Å². The number of nitrogens with zero attached hydrogens (tertiary/aromatic N) is 2. The van der Waals surface area contributed by atoms with Gasteiger partial charge in [-0.1, -0.05) is 56.6 Å². The summed E-state index contributed by atoms with van der Waals surface area (Å²) < 4.78 is 13.2. The summed E-state index contributed by atoms with van der Waals surface area (Å²) in [5.74, 6) is 1.84. The lowest BCUT2D eigenvalue weighted by atomic mass is 9.74. The second-order valence-corrected chi connectivity index (χ2v) is 11.1. The van der Waals surface area contributed by atoms with Crippen molar-refractivity contribution in [2.24, 2.45) is 17.3 Å². The minimum absolute atomic E-state index is 0.140. The van der Waals surface area contributed by atoms with Gasteiger partial charge >= 0.3 is 0 Å². The first-order valence-electron chi connectivity index (χ1n) is 11.7. The fourth-order valence-electron chi connectivity index (χ4n) is 5.62. The smallest absolute Gasteiger partial charge is 0.123 e. The zero-order valence-electron chi connectivity index (χ0n) is 19.2. The Hall–Kier alpha value is -1.42. The molecule has 0 amide bonds. The van der Waals surface area contributed by atoms with Crippen molar-refractivity contribution >= 4 is 11.6 Å². The van der Waals surface area contributed by atoms with Gasteiger partial charge in [0.2, 0.25) is 0 Å². The monoisotopic (exact) mass is 442 g/mol. The number of piperidine rings is 1. The molecule has 2 aliphatic heterocycles. The van der Waals surface area contributed by atoms with E-state index in [1.54, 1.807) is 12.1 Å². The van der Waals surface area contributed by atoms with Gasteiger partial charge in [-0.15, -0.1) is 0 Å². The molecule has 2 unspecified atom stereocenters. The Bertz CT molecular complexity index is 835. The number of likely N-dealkylation sites (tertiary alicyclic amines) is 2. The van der Waals surface area contributed by atoms with Crippen molar-refractivity contribution in [1.82, 2.24) is 9.80 Å². The third kappa shape index (κ3) is 5.88. The third-order valence-corrected chi connectivity index (χ3v) is 7.62. The van der Waals surface area contributed by atoms with Crippen molar-refractivity contribution in [3.63, 3.8) is 0 Å². The number of benzene rings is 2. The molecule has 2 saturated heterocycles. The molecule has 0 spiro atoms. The summed E-state index contributed by atoms with van der Waals surface area (Å²) in [5.41, 5.74) is 2.95. The van der Waals surface area contributed by atoms with Crippen LogP contribution >= 0.6 is 11.6 Å². The van der Waals surface area contributed by atoms with Crippen LogP contribution in [0.4, 0.5) is 4.39 Å². The maximum atomic E-state index is 13.2. The van der Waals surface area contributed by atoms with Gasteiger partial charge in [-0.25, -0.2) is 4.39 Å². The van der Waals surface area contributed by atoms with Crippen molar-refractivity contribution in [2.75, 3.05) is 32.7 Å². The van der Waals surface area contributed by atoms with Crippen LogP contribution in [0.1, 0.15) is 50.7 Å². The molecule has 0 radical (unpaired) electrons. The fraction of sp³-hybridized carbons (Fsp3) is 0.556. The lowest BCUT2D eigenvalue weighted by molar-refractivity contribution is 0.130. The standard InChI is InChI=1S/C27H36ClFN2/c1-27(2,3)26-19-31(16-20-4-8-24(28)9-5-20)18-23(26)17-30-14-12-22(13-15-30)21-6-10-25(29)11-7-21/h4-11,22-23,26H,12-19H2,1-3H3. The molecule has 2 heterocycles. The normalized spacial score (nSPS) is 24.0. The number of hydrogen-bond acceptors (Lipinski definition) is 2. The highest BCUT2D eigenvalue weighted by Gasteiger charge is 2.40. The molecule has 2 aromatic carbocycles. The SMILES string of the molecule is CC(C)(C)C1CN(Cc2ccc(Cl)cc2)CC1CN1CCC(c2ccc(F)cc2)CC1. The lowest BCUT2D eigenvalue weighted by Gasteiger charge is -2.37. The number of halogens is 2. The first kappa shape index (κ1) is 22.8. The summed E-state index contributed by atoms with van der Waals surface area (Å²) in [6, 6.07) is 15.4. The summed E-state index contributed by atoms with van der Waals surface area (Å²) >= 11 is 6.06.